The normalized spacial score (nSPS) is 17.6. The first-order valence-electron chi connectivity index (χ1n) is 10.5. The van der Waals surface area contributed by atoms with Crippen molar-refractivity contribution in [2.45, 2.75) is 58.0 Å². The number of halogens is 2. The van der Waals surface area contributed by atoms with E-state index in [1.54, 1.807) is 10.7 Å². The number of benzene rings is 1. The number of primary amides is 1. The van der Waals surface area contributed by atoms with Gasteiger partial charge < -0.3 is 16.0 Å². The predicted molar refractivity (Wildman–Crippen MR) is 123 cm³/mol. The summed E-state index contributed by atoms with van der Waals surface area (Å²) in [6.07, 6.45) is 5.90. The zero-order valence-electron chi connectivity index (χ0n) is 17.7. The van der Waals surface area contributed by atoms with Gasteiger partial charge in [-0.25, -0.2) is 9.48 Å². The fourth-order valence-corrected chi connectivity index (χ4v) is 4.44. The number of nitrogens with two attached hydrogens (primary N) is 1. The number of carbonyl (C=O) groups excluding carboxylic acids is 2. The lowest BCUT2D eigenvalue weighted by molar-refractivity contribution is -0.137. The minimum atomic E-state index is -0.676. The Morgan fingerprint density at radius 2 is 2.13 bits per heavy atom. The molecule has 3 rings (SSSR count). The fourth-order valence-electron chi connectivity index (χ4n) is 3.95. The molecule has 168 valence electrons. The zero-order chi connectivity index (χ0) is 22.5. The van der Waals surface area contributed by atoms with Crippen LogP contribution in [0.2, 0.25) is 5.02 Å². The lowest BCUT2D eigenvalue weighted by atomic mass is 9.95. The summed E-state index contributed by atoms with van der Waals surface area (Å²) < 4.78 is 2.48. The van der Waals surface area contributed by atoms with Gasteiger partial charge in [-0.2, -0.15) is 0 Å². The van der Waals surface area contributed by atoms with Crippen molar-refractivity contribution in [3.8, 4) is 5.69 Å². The third kappa shape index (κ3) is 6.20. The number of amides is 3. The number of nitrogens with one attached hydrogen (secondary N) is 1. The third-order valence-electron chi connectivity index (χ3n) is 5.39. The van der Waals surface area contributed by atoms with Crippen molar-refractivity contribution in [1.29, 1.82) is 0 Å². The topological polar surface area (TPSA) is 106 Å². The first-order chi connectivity index (χ1) is 14.7. The van der Waals surface area contributed by atoms with Crippen molar-refractivity contribution < 1.29 is 9.59 Å². The molecule has 2 aromatic rings. The van der Waals surface area contributed by atoms with Crippen molar-refractivity contribution in [3.05, 3.63) is 39.6 Å². The van der Waals surface area contributed by atoms with Gasteiger partial charge in [0.15, 0.2) is 0 Å². The number of piperidine rings is 1. The van der Waals surface area contributed by atoms with Gasteiger partial charge in [0.1, 0.15) is 6.04 Å². The van der Waals surface area contributed by atoms with E-state index in [0.717, 1.165) is 35.1 Å². The van der Waals surface area contributed by atoms with E-state index < -0.39 is 12.1 Å². The van der Waals surface area contributed by atoms with Crippen LogP contribution in [0.25, 0.3) is 5.69 Å². The van der Waals surface area contributed by atoms with E-state index in [0.29, 0.717) is 24.4 Å². The lowest BCUT2D eigenvalue weighted by Gasteiger charge is -2.38. The Kier molecular flexibility index (Phi) is 7.94. The molecule has 1 unspecified atom stereocenters. The monoisotopic (exact) mass is 510 g/mol. The number of nitrogens with zero attached hydrogens (tertiary/aromatic N) is 4. The molecule has 1 aliphatic heterocycles. The van der Waals surface area contributed by atoms with E-state index in [9.17, 15) is 9.59 Å². The van der Waals surface area contributed by atoms with E-state index in [-0.39, 0.29) is 17.9 Å². The van der Waals surface area contributed by atoms with Crippen LogP contribution in [-0.4, -0.2) is 50.5 Å². The highest BCUT2D eigenvalue weighted by Crippen LogP contribution is 2.26. The van der Waals surface area contributed by atoms with Gasteiger partial charge in [0, 0.05) is 23.5 Å². The summed E-state index contributed by atoms with van der Waals surface area (Å²) in [4.78, 5) is 26.6. The Balaban J connectivity index is 1.75. The maximum atomic E-state index is 13.3. The second-order valence-electron chi connectivity index (χ2n) is 8.33. The van der Waals surface area contributed by atoms with Crippen LogP contribution in [0.4, 0.5) is 4.79 Å². The van der Waals surface area contributed by atoms with Crippen molar-refractivity contribution in [2.75, 3.05) is 6.54 Å². The van der Waals surface area contributed by atoms with Gasteiger partial charge in [0.25, 0.3) is 0 Å². The number of hydrogen-bond donors (Lipinski definition) is 2. The van der Waals surface area contributed by atoms with Crippen LogP contribution in [-0.2, 0) is 11.2 Å². The van der Waals surface area contributed by atoms with Gasteiger partial charge in [-0.05, 0) is 65.7 Å². The Bertz CT molecular complexity index is 934. The number of aromatic nitrogens is 3. The molecular weight excluding hydrogens is 484 g/mol. The van der Waals surface area contributed by atoms with E-state index in [1.165, 1.54) is 0 Å². The van der Waals surface area contributed by atoms with Crippen LogP contribution >= 0.6 is 27.5 Å². The highest BCUT2D eigenvalue weighted by Gasteiger charge is 2.33. The van der Waals surface area contributed by atoms with Crippen LogP contribution in [0.1, 0.15) is 45.2 Å². The first kappa shape index (κ1) is 23.5. The largest absolute Gasteiger partial charge is 0.352 e. The Morgan fingerprint density at radius 1 is 1.35 bits per heavy atom. The standard InChI is InChI=1S/C21H28BrClN6O2/c1-13(2)9-19(25-21(24)31)20(30)28-8-4-3-5-15(28)10-14-12-29(27-26-14)16-6-7-18(23)17(22)11-16/h6-7,11-13,15,19H,3-5,8-10H2,1-2H3,(H3,24,25,31)/t15?,19-/m0/s1. The van der Waals surface area contributed by atoms with Crippen LogP contribution in [0.5, 0.6) is 0 Å². The molecule has 0 saturated carbocycles. The maximum Gasteiger partial charge on any atom is 0.312 e. The summed E-state index contributed by atoms with van der Waals surface area (Å²) >= 11 is 9.50. The molecule has 0 aliphatic carbocycles. The molecule has 31 heavy (non-hydrogen) atoms. The van der Waals surface area contributed by atoms with Gasteiger partial charge in [0.2, 0.25) is 5.91 Å². The Morgan fingerprint density at radius 3 is 2.81 bits per heavy atom. The summed E-state index contributed by atoms with van der Waals surface area (Å²) in [5.41, 5.74) is 6.97. The number of likely N-dealkylation sites (tertiary alicyclic amines) is 1. The van der Waals surface area contributed by atoms with Gasteiger partial charge in [-0.1, -0.05) is 30.7 Å². The summed E-state index contributed by atoms with van der Waals surface area (Å²) in [6.45, 7) is 4.70. The van der Waals surface area contributed by atoms with Crippen LogP contribution < -0.4 is 11.1 Å². The number of urea groups is 1. The fraction of sp³-hybridized carbons (Fsp3) is 0.524. The smallest absolute Gasteiger partial charge is 0.312 e. The van der Waals surface area contributed by atoms with E-state index in [1.807, 2.05) is 37.1 Å². The molecule has 3 N–H and O–H groups in total. The van der Waals surface area contributed by atoms with Crippen LogP contribution in [0, 0.1) is 5.92 Å². The van der Waals surface area contributed by atoms with Crippen LogP contribution in [0.15, 0.2) is 28.9 Å². The van der Waals surface area contributed by atoms with E-state index >= 15 is 0 Å². The summed E-state index contributed by atoms with van der Waals surface area (Å²) in [6, 6.07) is 4.26. The average molecular weight is 512 g/mol. The molecule has 1 fully saturated rings. The highest BCUT2D eigenvalue weighted by molar-refractivity contribution is 9.10. The van der Waals surface area contributed by atoms with Gasteiger partial charge in [-0.3, -0.25) is 4.79 Å². The molecule has 8 nitrogen and oxygen atoms in total. The quantitative estimate of drug-likeness (QED) is 0.591. The number of carbonyl (C=O) groups is 2. The van der Waals surface area contributed by atoms with Gasteiger partial charge in [0.05, 0.1) is 22.6 Å². The number of rotatable bonds is 7. The molecule has 10 heteroatoms. The van der Waals surface area contributed by atoms with Crippen molar-refractivity contribution in [3.63, 3.8) is 0 Å². The summed E-state index contributed by atoms with van der Waals surface area (Å²) in [5.74, 6) is 0.175. The minimum absolute atomic E-state index is 0.00712. The van der Waals surface area contributed by atoms with E-state index in [2.05, 4.69) is 31.6 Å². The summed E-state index contributed by atoms with van der Waals surface area (Å²) in [5, 5.41) is 11.8. The minimum Gasteiger partial charge on any atom is -0.352 e. The molecule has 0 radical (unpaired) electrons. The highest BCUT2D eigenvalue weighted by atomic mass is 79.9. The van der Waals surface area contributed by atoms with Gasteiger partial charge >= 0.3 is 6.03 Å². The Hall–Kier alpha value is -2.13. The molecule has 0 bridgehead atoms. The van der Waals surface area contributed by atoms with Crippen molar-refractivity contribution in [1.82, 2.24) is 25.2 Å². The molecule has 2 heterocycles. The Labute approximate surface area is 195 Å². The van der Waals surface area contributed by atoms with Crippen molar-refractivity contribution in [2.24, 2.45) is 11.7 Å². The predicted octanol–water partition coefficient (Wildman–Crippen LogP) is 3.69. The molecule has 0 spiro atoms. The third-order valence-corrected chi connectivity index (χ3v) is 6.60. The molecular formula is C21H28BrClN6O2. The molecule has 1 saturated heterocycles. The van der Waals surface area contributed by atoms with Crippen LogP contribution in [0.3, 0.4) is 0 Å². The first-order valence-corrected chi connectivity index (χ1v) is 11.6. The second kappa shape index (κ2) is 10.5. The SMILES string of the molecule is CC(C)C[C@H](NC(N)=O)C(=O)N1CCCCC1Cc1cn(-c2ccc(Cl)c(Br)c2)nn1. The second-order valence-corrected chi connectivity index (χ2v) is 9.59. The zero-order valence-corrected chi connectivity index (χ0v) is 20.1. The molecule has 1 aliphatic rings. The molecule has 1 aromatic carbocycles. The molecule has 2 atom stereocenters. The van der Waals surface area contributed by atoms with Gasteiger partial charge in [-0.15, -0.1) is 5.10 Å². The number of hydrogen-bond acceptors (Lipinski definition) is 4. The molecule has 3 amide bonds. The average Bonchev–Trinajstić information content (AvgIpc) is 3.17. The maximum absolute atomic E-state index is 13.3. The van der Waals surface area contributed by atoms with Crippen molar-refractivity contribution >= 4 is 39.5 Å². The van der Waals surface area contributed by atoms with E-state index in [4.69, 9.17) is 17.3 Å². The summed E-state index contributed by atoms with van der Waals surface area (Å²) in [7, 11) is 0. The molecule has 1 aromatic heterocycles. The lowest BCUT2D eigenvalue weighted by Crippen LogP contribution is -2.55.